The van der Waals surface area contributed by atoms with Crippen LogP contribution >= 0.6 is 0 Å². The third-order valence-electron chi connectivity index (χ3n) is 4.42. The molecule has 1 aliphatic rings. The summed E-state index contributed by atoms with van der Waals surface area (Å²) in [6, 6.07) is 16.0. The second-order valence-electron chi connectivity index (χ2n) is 6.32. The summed E-state index contributed by atoms with van der Waals surface area (Å²) >= 11 is 0. The number of hydrogen-bond acceptors (Lipinski definition) is 4. The zero-order valence-electron chi connectivity index (χ0n) is 14.8. The molecular formula is C20H19N3O4. The highest BCUT2D eigenvalue weighted by Gasteiger charge is 2.23. The first-order valence-electron chi connectivity index (χ1n) is 8.70. The topological polar surface area (TPSA) is 83.8 Å². The van der Waals surface area contributed by atoms with Crippen molar-refractivity contribution in [2.24, 2.45) is 0 Å². The molecule has 2 N–H and O–H groups in total. The first-order valence-corrected chi connectivity index (χ1v) is 8.70. The van der Waals surface area contributed by atoms with Gasteiger partial charge in [0.25, 0.3) is 0 Å². The summed E-state index contributed by atoms with van der Waals surface area (Å²) < 4.78 is 10.7. The minimum Gasteiger partial charge on any atom is -0.459 e. The van der Waals surface area contributed by atoms with Crippen molar-refractivity contribution in [2.75, 3.05) is 23.4 Å². The molecule has 4 rings (SSSR count). The van der Waals surface area contributed by atoms with E-state index in [0.29, 0.717) is 24.6 Å². The third-order valence-corrected chi connectivity index (χ3v) is 4.42. The number of furan rings is 1. The maximum atomic E-state index is 12.3. The molecule has 1 aromatic heterocycles. The molecule has 2 heterocycles. The van der Waals surface area contributed by atoms with E-state index in [2.05, 4.69) is 10.6 Å². The molecule has 3 amide bonds. The van der Waals surface area contributed by atoms with Crippen LogP contribution in [-0.4, -0.2) is 25.3 Å². The van der Waals surface area contributed by atoms with E-state index in [4.69, 9.17) is 9.15 Å². The number of fused-ring (bicyclic) bond motifs is 1. The molecule has 7 nitrogen and oxygen atoms in total. The highest BCUT2D eigenvalue weighted by molar-refractivity contribution is 5.92. The van der Waals surface area contributed by atoms with E-state index < -0.39 is 0 Å². The van der Waals surface area contributed by atoms with Crippen LogP contribution in [0.3, 0.4) is 0 Å². The number of carbonyl (C=O) groups excluding carboxylic acids is 2. The Kier molecular flexibility index (Phi) is 4.42. The number of rotatable bonds is 4. The molecule has 0 bridgehead atoms. The largest absolute Gasteiger partial charge is 0.459 e. The summed E-state index contributed by atoms with van der Waals surface area (Å²) in [4.78, 5) is 25.4. The van der Waals surface area contributed by atoms with Gasteiger partial charge in [-0.3, -0.25) is 4.90 Å². The number of nitrogens with zero attached hydrogens (tertiary/aromatic N) is 1. The molecule has 27 heavy (non-hydrogen) atoms. The van der Waals surface area contributed by atoms with Gasteiger partial charge in [-0.15, -0.1) is 0 Å². The van der Waals surface area contributed by atoms with E-state index in [0.717, 1.165) is 16.7 Å². The van der Waals surface area contributed by atoms with Crippen molar-refractivity contribution in [1.29, 1.82) is 0 Å². The molecule has 0 aliphatic carbocycles. The summed E-state index contributed by atoms with van der Waals surface area (Å²) in [5.74, 6) is 0.689. The van der Waals surface area contributed by atoms with E-state index >= 15 is 0 Å². The quantitative estimate of drug-likeness (QED) is 0.723. The summed E-state index contributed by atoms with van der Waals surface area (Å²) in [6.45, 7) is 2.78. The highest BCUT2D eigenvalue weighted by atomic mass is 16.6. The molecule has 2 aromatic carbocycles. The summed E-state index contributed by atoms with van der Waals surface area (Å²) in [5.41, 5.74) is 2.15. The number of cyclic esters (lactones) is 1. The van der Waals surface area contributed by atoms with Crippen molar-refractivity contribution >= 4 is 34.5 Å². The molecule has 0 saturated carbocycles. The van der Waals surface area contributed by atoms with Gasteiger partial charge in [0.05, 0.1) is 12.6 Å². The molecule has 0 spiro atoms. The lowest BCUT2D eigenvalue weighted by molar-refractivity contribution is 0.181. The normalized spacial score (nSPS) is 14.9. The van der Waals surface area contributed by atoms with E-state index in [1.807, 2.05) is 37.3 Å². The number of anilines is 2. The first-order chi connectivity index (χ1) is 13.1. The van der Waals surface area contributed by atoms with Gasteiger partial charge in [0.2, 0.25) is 0 Å². The second-order valence-corrected chi connectivity index (χ2v) is 6.32. The Morgan fingerprint density at radius 1 is 1.15 bits per heavy atom. The van der Waals surface area contributed by atoms with Crippen LogP contribution in [0.5, 0.6) is 0 Å². The molecule has 3 aromatic rings. The predicted molar refractivity (Wildman–Crippen MR) is 102 cm³/mol. The van der Waals surface area contributed by atoms with Crippen molar-refractivity contribution in [1.82, 2.24) is 5.32 Å². The molecule has 1 unspecified atom stereocenters. The summed E-state index contributed by atoms with van der Waals surface area (Å²) in [7, 11) is 0. The lowest BCUT2D eigenvalue weighted by atomic mass is 10.2. The smallest absolute Gasteiger partial charge is 0.414 e. The van der Waals surface area contributed by atoms with Crippen molar-refractivity contribution in [2.45, 2.75) is 13.0 Å². The lowest BCUT2D eigenvalue weighted by Gasteiger charge is -2.15. The fourth-order valence-corrected chi connectivity index (χ4v) is 3.00. The van der Waals surface area contributed by atoms with Gasteiger partial charge >= 0.3 is 12.1 Å². The van der Waals surface area contributed by atoms with E-state index in [1.165, 1.54) is 0 Å². The fourth-order valence-electron chi connectivity index (χ4n) is 3.00. The van der Waals surface area contributed by atoms with Crippen LogP contribution in [0.4, 0.5) is 21.0 Å². The maximum absolute atomic E-state index is 12.3. The monoisotopic (exact) mass is 365 g/mol. The van der Waals surface area contributed by atoms with Gasteiger partial charge in [0.1, 0.15) is 18.0 Å². The van der Waals surface area contributed by atoms with E-state index in [1.54, 1.807) is 29.2 Å². The van der Waals surface area contributed by atoms with Gasteiger partial charge in [-0.25, -0.2) is 9.59 Å². The molecule has 7 heteroatoms. The van der Waals surface area contributed by atoms with Gasteiger partial charge in [0, 0.05) is 16.8 Å². The Balaban J connectivity index is 1.37. The number of nitrogens with one attached hydrogen (secondary N) is 2. The highest BCUT2D eigenvalue weighted by Crippen LogP contribution is 2.24. The zero-order valence-corrected chi connectivity index (χ0v) is 14.8. The number of urea groups is 1. The number of ether oxygens (including phenoxy) is 1. The van der Waals surface area contributed by atoms with Crippen molar-refractivity contribution in [3.8, 4) is 0 Å². The van der Waals surface area contributed by atoms with Crippen LogP contribution in [0.25, 0.3) is 11.0 Å². The van der Waals surface area contributed by atoms with Crippen LogP contribution in [0.1, 0.15) is 18.7 Å². The van der Waals surface area contributed by atoms with Crippen molar-refractivity contribution in [3.63, 3.8) is 0 Å². The van der Waals surface area contributed by atoms with Crippen LogP contribution < -0.4 is 15.5 Å². The number of carbonyl (C=O) groups is 2. The third kappa shape index (κ3) is 3.57. The molecule has 1 aliphatic heterocycles. The van der Waals surface area contributed by atoms with Crippen molar-refractivity contribution < 1.29 is 18.7 Å². The van der Waals surface area contributed by atoms with Gasteiger partial charge in [0.15, 0.2) is 0 Å². The second kappa shape index (κ2) is 7.03. The number of amides is 3. The Morgan fingerprint density at radius 2 is 1.93 bits per heavy atom. The van der Waals surface area contributed by atoms with Crippen LogP contribution in [-0.2, 0) is 4.74 Å². The minimum absolute atomic E-state index is 0.281. The Hall–Kier alpha value is -3.48. The molecular weight excluding hydrogens is 346 g/mol. The van der Waals surface area contributed by atoms with Crippen molar-refractivity contribution in [3.05, 3.63) is 60.4 Å². The van der Waals surface area contributed by atoms with Gasteiger partial charge in [-0.1, -0.05) is 18.2 Å². The maximum Gasteiger partial charge on any atom is 0.414 e. The Labute approximate surface area is 155 Å². The molecule has 1 fully saturated rings. The summed E-state index contributed by atoms with van der Waals surface area (Å²) in [6.07, 6.45) is -0.354. The SMILES string of the molecule is CC(NC(=O)Nc1ccc(N2CCOC2=O)cc1)c1cc2ccccc2o1. The van der Waals surface area contributed by atoms with Gasteiger partial charge in [-0.2, -0.15) is 0 Å². The Bertz CT molecular complexity index is 947. The molecule has 0 radical (unpaired) electrons. The van der Waals surface area contributed by atoms with E-state index in [-0.39, 0.29) is 18.2 Å². The number of benzene rings is 2. The zero-order chi connectivity index (χ0) is 18.8. The van der Waals surface area contributed by atoms with Crippen LogP contribution in [0, 0.1) is 0 Å². The van der Waals surface area contributed by atoms with Gasteiger partial charge < -0.3 is 19.8 Å². The molecule has 1 saturated heterocycles. The predicted octanol–water partition coefficient (Wildman–Crippen LogP) is 4.27. The molecule has 138 valence electrons. The standard InChI is InChI=1S/C20H19N3O4/c1-13(18-12-14-4-2-3-5-17(14)27-18)21-19(24)22-15-6-8-16(9-7-15)23-10-11-26-20(23)25/h2-9,12-13H,10-11H2,1H3,(H2,21,22,24). The Morgan fingerprint density at radius 3 is 2.63 bits per heavy atom. The number of hydrogen-bond donors (Lipinski definition) is 2. The number of para-hydroxylation sites is 1. The van der Waals surface area contributed by atoms with Gasteiger partial charge in [-0.05, 0) is 43.3 Å². The van der Waals surface area contributed by atoms with Crippen LogP contribution in [0.15, 0.2) is 59.0 Å². The average molecular weight is 365 g/mol. The van der Waals surface area contributed by atoms with Crippen LogP contribution in [0.2, 0.25) is 0 Å². The molecule has 1 atom stereocenters. The fraction of sp³-hybridized carbons (Fsp3) is 0.200. The van der Waals surface area contributed by atoms with E-state index in [9.17, 15) is 9.59 Å². The lowest BCUT2D eigenvalue weighted by Crippen LogP contribution is -2.31. The first kappa shape index (κ1) is 17.0. The minimum atomic E-state index is -0.354. The average Bonchev–Trinajstić information content (AvgIpc) is 3.28. The summed E-state index contributed by atoms with van der Waals surface area (Å²) in [5, 5.41) is 6.63.